The van der Waals surface area contributed by atoms with E-state index in [-0.39, 0.29) is 12.3 Å². The SMILES string of the molecule is CNC(=O)CC(O)c1ccc(C2(C)OCCO2)cc1. The molecule has 19 heavy (non-hydrogen) atoms. The van der Waals surface area contributed by atoms with Gasteiger partial charge in [0.25, 0.3) is 0 Å². The van der Waals surface area contributed by atoms with Crippen molar-refractivity contribution in [3.8, 4) is 0 Å². The first kappa shape index (κ1) is 14.0. The number of aliphatic hydroxyl groups is 1. The number of benzene rings is 1. The molecule has 5 heteroatoms. The first-order chi connectivity index (χ1) is 9.05. The van der Waals surface area contributed by atoms with Gasteiger partial charge in [0.2, 0.25) is 5.91 Å². The highest BCUT2D eigenvalue weighted by atomic mass is 16.7. The zero-order valence-corrected chi connectivity index (χ0v) is 11.2. The molecule has 104 valence electrons. The average Bonchev–Trinajstić information content (AvgIpc) is 2.87. The number of ether oxygens (including phenoxy) is 2. The Balaban J connectivity index is 2.07. The number of carbonyl (C=O) groups is 1. The van der Waals surface area contributed by atoms with Gasteiger partial charge in [-0.3, -0.25) is 4.79 Å². The molecular formula is C14H19NO4. The highest BCUT2D eigenvalue weighted by molar-refractivity contribution is 5.76. The normalized spacial score (nSPS) is 19.1. The van der Waals surface area contributed by atoms with E-state index in [0.717, 1.165) is 5.56 Å². The van der Waals surface area contributed by atoms with Gasteiger partial charge >= 0.3 is 0 Å². The molecule has 1 amide bonds. The molecule has 1 atom stereocenters. The third-order valence-corrected chi connectivity index (χ3v) is 3.32. The Bertz CT molecular complexity index is 437. The minimum absolute atomic E-state index is 0.0557. The van der Waals surface area contributed by atoms with Crippen molar-refractivity contribution in [2.24, 2.45) is 0 Å². The van der Waals surface area contributed by atoms with Crippen molar-refractivity contribution in [2.45, 2.75) is 25.2 Å². The number of rotatable bonds is 4. The third kappa shape index (κ3) is 3.12. The van der Waals surface area contributed by atoms with E-state index >= 15 is 0 Å². The summed E-state index contributed by atoms with van der Waals surface area (Å²) < 4.78 is 11.1. The van der Waals surface area contributed by atoms with Crippen molar-refractivity contribution < 1.29 is 19.4 Å². The van der Waals surface area contributed by atoms with Crippen LogP contribution < -0.4 is 5.32 Å². The van der Waals surface area contributed by atoms with Crippen LogP contribution in [0.2, 0.25) is 0 Å². The van der Waals surface area contributed by atoms with Gasteiger partial charge in [0.1, 0.15) is 0 Å². The number of carbonyl (C=O) groups excluding carboxylic acids is 1. The minimum atomic E-state index is -0.799. The van der Waals surface area contributed by atoms with E-state index in [4.69, 9.17) is 9.47 Å². The monoisotopic (exact) mass is 265 g/mol. The molecule has 1 saturated heterocycles. The van der Waals surface area contributed by atoms with Crippen LogP contribution >= 0.6 is 0 Å². The van der Waals surface area contributed by atoms with Crippen LogP contribution in [-0.4, -0.2) is 31.3 Å². The molecule has 0 radical (unpaired) electrons. The molecule has 1 aromatic carbocycles. The van der Waals surface area contributed by atoms with Crippen molar-refractivity contribution in [1.82, 2.24) is 5.32 Å². The average molecular weight is 265 g/mol. The molecular weight excluding hydrogens is 246 g/mol. The number of hydrogen-bond acceptors (Lipinski definition) is 4. The van der Waals surface area contributed by atoms with Gasteiger partial charge in [-0.05, 0) is 12.5 Å². The lowest BCUT2D eigenvalue weighted by Crippen LogP contribution is -2.22. The summed E-state index contributed by atoms with van der Waals surface area (Å²) in [5.74, 6) is -0.893. The van der Waals surface area contributed by atoms with Crippen LogP contribution in [0.15, 0.2) is 24.3 Å². The zero-order chi connectivity index (χ0) is 13.9. The molecule has 0 saturated carbocycles. The second-order valence-corrected chi connectivity index (χ2v) is 4.66. The Morgan fingerprint density at radius 1 is 1.37 bits per heavy atom. The minimum Gasteiger partial charge on any atom is -0.388 e. The molecule has 0 aromatic heterocycles. The Morgan fingerprint density at radius 3 is 2.47 bits per heavy atom. The summed E-state index contributed by atoms with van der Waals surface area (Å²) in [6.45, 7) is 3.03. The summed E-state index contributed by atoms with van der Waals surface area (Å²) >= 11 is 0. The Morgan fingerprint density at radius 2 is 1.95 bits per heavy atom. The molecule has 1 aromatic rings. The third-order valence-electron chi connectivity index (χ3n) is 3.32. The molecule has 1 aliphatic rings. The maximum Gasteiger partial charge on any atom is 0.222 e. The summed E-state index contributed by atoms with van der Waals surface area (Å²) in [7, 11) is 1.55. The summed E-state index contributed by atoms with van der Waals surface area (Å²) in [5.41, 5.74) is 1.61. The lowest BCUT2D eigenvalue weighted by atomic mass is 10.0. The van der Waals surface area contributed by atoms with Crippen molar-refractivity contribution in [2.75, 3.05) is 20.3 Å². The maximum absolute atomic E-state index is 11.2. The maximum atomic E-state index is 11.2. The van der Waals surface area contributed by atoms with Crippen LogP contribution in [0.1, 0.15) is 30.6 Å². The van der Waals surface area contributed by atoms with E-state index in [1.807, 2.05) is 19.1 Å². The van der Waals surface area contributed by atoms with E-state index in [9.17, 15) is 9.90 Å². The van der Waals surface area contributed by atoms with E-state index in [1.54, 1.807) is 19.2 Å². The van der Waals surface area contributed by atoms with Crippen LogP contribution in [0.25, 0.3) is 0 Å². The molecule has 1 unspecified atom stereocenters. The number of hydrogen-bond donors (Lipinski definition) is 2. The molecule has 1 aliphatic heterocycles. The molecule has 2 rings (SSSR count). The summed E-state index contributed by atoms with van der Waals surface area (Å²) in [4.78, 5) is 11.2. The van der Waals surface area contributed by atoms with Crippen LogP contribution in [0.5, 0.6) is 0 Å². The molecule has 0 aliphatic carbocycles. The fraction of sp³-hybridized carbons (Fsp3) is 0.500. The predicted octanol–water partition coefficient (Wildman–Crippen LogP) is 1.08. The Labute approximate surface area is 112 Å². The second kappa shape index (κ2) is 5.69. The number of nitrogens with one attached hydrogen (secondary N) is 1. The largest absolute Gasteiger partial charge is 0.388 e. The first-order valence-electron chi connectivity index (χ1n) is 6.32. The Hall–Kier alpha value is -1.43. The van der Waals surface area contributed by atoms with Crippen LogP contribution in [0.3, 0.4) is 0 Å². The molecule has 0 spiro atoms. The van der Waals surface area contributed by atoms with E-state index in [2.05, 4.69) is 5.32 Å². The standard InChI is InChI=1S/C14H19NO4/c1-14(18-7-8-19-14)11-5-3-10(4-6-11)12(16)9-13(17)15-2/h3-6,12,16H,7-9H2,1-2H3,(H,15,17). The fourth-order valence-electron chi connectivity index (χ4n) is 2.08. The smallest absolute Gasteiger partial charge is 0.222 e. The summed E-state index contributed by atoms with van der Waals surface area (Å²) in [5, 5.41) is 12.4. The van der Waals surface area contributed by atoms with Gasteiger partial charge in [0.15, 0.2) is 5.79 Å². The molecule has 0 bridgehead atoms. The zero-order valence-electron chi connectivity index (χ0n) is 11.2. The van der Waals surface area contributed by atoms with E-state index in [0.29, 0.717) is 18.8 Å². The lowest BCUT2D eigenvalue weighted by molar-refractivity contribution is -0.149. The fourth-order valence-corrected chi connectivity index (χ4v) is 2.08. The number of aliphatic hydroxyl groups excluding tert-OH is 1. The highest BCUT2D eigenvalue weighted by Crippen LogP contribution is 2.31. The lowest BCUT2D eigenvalue weighted by Gasteiger charge is -2.23. The summed E-state index contributed by atoms with van der Waals surface area (Å²) in [6, 6.07) is 7.29. The van der Waals surface area contributed by atoms with Crippen LogP contribution in [0.4, 0.5) is 0 Å². The van der Waals surface area contributed by atoms with Gasteiger partial charge < -0.3 is 19.9 Å². The quantitative estimate of drug-likeness (QED) is 0.854. The van der Waals surface area contributed by atoms with Gasteiger partial charge in [0, 0.05) is 12.6 Å². The van der Waals surface area contributed by atoms with Crippen molar-refractivity contribution in [3.63, 3.8) is 0 Å². The molecule has 1 heterocycles. The van der Waals surface area contributed by atoms with Crippen molar-refractivity contribution in [3.05, 3.63) is 35.4 Å². The first-order valence-corrected chi connectivity index (χ1v) is 6.32. The topological polar surface area (TPSA) is 67.8 Å². The van der Waals surface area contributed by atoms with Crippen molar-refractivity contribution >= 4 is 5.91 Å². The van der Waals surface area contributed by atoms with Crippen LogP contribution in [0, 0.1) is 0 Å². The van der Waals surface area contributed by atoms with Gasteiger partial charge in [-0.2, -0.15) is 0 Å². The second-order valence-electron chi connectivity index (χ2n) is 4.66. The molecule has 1 fully saturated rings. The van der Waals surface area contributed by atoms with Crippen LogP contribution in [-0.2, 0) is 20.1 Å². The van der Waals surface area contributed by atoms with Crippen molar-refractivity contribution in [1.29, 1.82) is 0 Å². The Kier molecular flexibility index (Phi) is 4.19. The van der Waals surface area contributed by atoms with Gasteiger partial charge in [-0.15, -0.1) is 0 Å². The van der Waals surface area contributed by atoms with Gasteiger partial charge in [-0.1, -0.05) is 24.3 Å². The predicted molar refractivity (Wildman–Crippen MR) is 69.3 cm³/mol. The van der Waals surface area contributed by atoms with Gasteiger partial charge in [0.05, 0.1) is 25.7 Å². The molecule has 5 nitrogen and oxygen atoms in total. The highest BCUT2D eigenvalue weighted by Gasteiger charge is 2.32. The number of amides is 1. The summed E-state index contributed by atoms with van der Waals surface area (Å²) in [6.07, 6.45) is -0.743. The van der Waals surface area contributed by atoms with E-state index in [1.165, 1.54) is 0 Å². The van der Waals surface area contributed by atoms with Gasteiger partial charge in [-0.25, -0.2) is 0 Å². The molecule has 2 N–H and O–H groups in total. The van der Waals surface area contributed by atoms with E-state index < -0.39 is 11.9 Å².